The van der Waals surface area contributed by atoms with E-state index in [2.05, 4.69) is 15.6 Å². The molecule has 17 heavy (non-hydrogen) atoms. The van der Waals surface area contributed by atoms with Crippen LogP contribution in [0.15, 0.2) is 6.20 Å². The maximum atomic E-state index is 11.2. The number of nitrogens with zero attached hydrogens (tertiary/aromatic N) is 3. The summed E-state index contributed by atoms with van der Waals surface area (Å²) in [5, 5.41) is 18.4. The number of rotatable bonds is 7. The minimum atomic E-state index is -1.11. The van der Waals surface area contributed by atoms with E-state index in [4.69, 9.17) is 5.11 Å². The number of carbonyl (C=O) groups excluding carboxylic acids is 1. The van der Waals surface area contributed by atoms with E-state index in [1.807, 2.05) is 6.26 Å². The predicted molar refractivity (Wildman–Crippen MR) is 63.0 cm³/mol. The van der Waals surface area contributed by atoms with Gasteiger partial charge in [-0.25, -0.2) is 9.48 Å². The summed E-state index contributed by atoms with van der Waals surface area (Å²) in [6.45, 7) is 0.820. The monoisotopic (exact) mass is 258 g/mol. The molecular weight excluding hydrogens is 244 g/mol. The van der Waals surface area contributed by atoms with Gasteiger partial charge < -0.3 is 10.4 Å². The standard InChI is InChI=1S/C9H14N4O3S/c1-17-5-2-8(14)10-3-4-13-6-7(9(15)16)11-12-13/h6H,2-5H2,1H3,(H,10,14)(H,15,16). The van der Waals surface area contributed by atoms with Crippen molar-refractivity contribution in [2.45, 2.75) is 13.0 Å². The van der Waals surface area contributed by atoms with Crippen molar-refractivity contribution in [2.24, 2.45) is 0 Å². The van der Waals surface area contributed by atoms with Crippen molar-refractivity contribution in [3.05, 3.63) is 11.9 Å². The fraction of sp³-hybridized carbons (Fsp3) is 0.556. The zero-order valence-corrected chi connectivity index (χ0v) is 10.2. The second kappa shape index (κ2) is 6.89. The Morgan fingerprint density at radius 3 is 2.94 bits per heavy atom. The number of hydrogen-bond donors (Lipinski definition) is 2. The van der Waals surface area contributed by atoms with Crippen LogP contribution in [0.3, 0.4) is 0 Å². The summed E-state index contributed by atoms with van der Waals surface area (Å²) in [5.74, 6) is -0.337. The Hall–Kier alpha value is -1.57. The molecule has 0 aromatic carbocycles. The highest BCUT2D eigenvalue weighted by molar-refractivity contribution is 7.98. The summed E-state index contributed by atoms with van der Waals surface area (Å²) in [7, 11) is 0. The van der Waals surface area contributed by atoms with Gasteiger partial charge in [0.25, 0.3) is 0 Å². The summed E-state index contributed by atoms with van der Waals surface area (Å²) >= 11 is 1.61. The van der Waals surface area contributed by atoms with Crippen LogP contribution in [0.1, 0.15) is 16.9 Å². The van der Waals surface area contributed by atoms with E-state index in [1.54, 1.807) is 11.8 Å². The summed E-state index contributed by atoms with van der Waals surface area (Å²) < 4.78 is 1.39. The molecule has 0 radical (unpaired) electrons. The largest absolute Gasteiger partial charge is 0.476 e. The number of carboxylic acids is 1. The molecule has 0 saturated heterocycles. The van der Waals surface area contributed by atoms with Crippen molar-refractivity contribution < 1.29 is 14.7 Å². The fourth-order valence-corrected chi connectivity index (χ4v) is 1.49. The maximum Gasteiger partial charge on any atom is 0.358 e. The number of aromatic nitrogens is 3. The van der Waals surface area contributed by atoms with Crippen LogP contribution in [-0.2, 0) is 11.3 Å². The highest BCUT2D eigenvalue weighted by Crippen LogP contribution is 1.95. The Kier molecular flexibility index (Phi) is 5.47. The van der Waals surface area contributed by atoms with E-state index in [-0.39, 0.29) is 11.6 Å². The van der Waals surface area contributed by atoms with Crippen molar-refractivity contribution in [2.75, 3.05) is 18.6 Å². The van der Waals surface area contributed by atoms with Gasteiger partial charge in [-0.05, 0) is 6.26 Å². The highest BCUT2D eigenvalue weighted by Gasteiger charge is 2.07. The van der Waals surface area contributed by atoms with Crippen molar-refractivity contribution in [1.29, 1.82) is 0 Å². The predicted octanol–water partition coefficient (Wildman–Crippen LogP) is -0.154. The molecule has 0 fully saturated rings. The lowest BCUT2D eigenvalue weighted by Crippen LogP contribution is -2.27. The lowest BCUT2D eigenvalue weighted by molar-refractivity contribution is -0.120. The second-order valence-corrected chi connectivity index (χ2v) is 4.25. The topological polar surface area (TPSA) is 97.1 Å². The lowest BCUT2D eigenvalue weighted by Gasteiger charge is -2.03. The molecule has 0 aliphatic heterocycles. The van der Waals surface area contributed by atoms with E-state index < -0.39 is 5.97 Å². The van der Waals surface area contributed by atoms with Gasteiger partial charge in [-0.1, -0.05) is 5.21 Å². The third-order valence-corrected chi connectivity index (χ3v) is 2.57. The number of carbonyl (C=O) groups is 2. The first-order chi connectivity index (χ1) is 8.13. The number of aromatic carboxylic acids is 1. The SMILES string of the molecule is CSCCC(=O)NCCn1cc(C(=O)O)nn1. The Morgan fingerprint density at radius 2 is 2.35 bits per heavy atom. The Labute approximate surface area is 103 Å². The van der Waals surface area contributed by atoms with Gasteiger partial charge in [-0.2, -0.15) is 11.8 Å². The zero-order valence-electron chi connectivity index (χ0n) is 9.42. The number of thioether (sulfide) groups is 1. The van der Waals surface area contributed by atoms with Crippen molar-refractivity contribution in [3.63, 3.8) is 0 Å². The van der Waals surface area contributed by atoms with E-state index in [0.717, 1.165) is 5.75 Å². The number of amides is 1. The van der Waals surface area contributed by atoms with Crippen molar-refractivity contribution in [1.82, 2.24) is 20.3 Å². The lowest BCUT2D eigenvalue weighted by atomic mass is 10.4. The average molecular weight is 258 g/mol. The maximum absolute atomic E-state index is 11.2. The molecule has 0 spiro atoms. The van der Waals surface area contributed by atoms with Gasteiger partial charge in [-0.3, -0.25) is 4.79 Å². The molecular formula is C9H14N4O3S. The normalized spacial score (nSPS) is 10.2. The molecule has 1 heterocycles. The van der Waals surface area contributed by atoms with Crippen LogP contribution < -0.4 is 5.32 Å². The van der Waals surface area contributed by atoms with E-state index >= 15 is 0 Å². The molecule has 1 rings (SSSR count). The average Bonchev–Trinajstić information content (AvgIpc) is 2.75. The number of nitrogens with one attached hydrogen (secondary N) is 1. The van der Waals surface area contributed by atoms with Gasteiger partial charge in [0.15, 0.2) is 5.69 Å². The van der Waals surface area contributed by atoms with Gasteiger partial charge in [-0.15, -0.1) is 5.10 Å². The molecule has 8 heteroatoms. The molecule has 0 bridgehead atoms. The van der Waals surface area contributed by atoms with Crippen LogP contribution in [0.25, 0.3) is 0 Å². The molecule has 1 aromatic heterocycles. The van der Waals surface area contributed by atoms with E-state index in [0.29, 0.717) is 19.5 Å². The fourth-order valence-electron chi connectivity index (χ4n) is 1.10. The van der Waals surface area contributed by atoms with Gasteiger partial charge in [0.05, 0.1) is 12.7 Å². The van der Waals surface area contributed by atoms with Crippen LogP contribution >= 0.6 is 11.8 Å². The number of carboxylic acid groups (broad SMARTS) is 1. The van der Waals surface area contributed by atoms with Crippen LogP contribution in [0.4, 0.5) is 0 Å². The number of hydrogen-bond acceptors (Lipinski definition) is 5. The van der Waals surface area contributed by atoms with Crippen molar-refractivity contribution >= 4 is 23.6 Å². The van der Waals surface area contributed by atoms with E-state index in [9.17, 15) is 9.59 Å². The summed E-state index contributed by atoms with van der Waals surface area (Å²) in [6.07, 6.45) is 3.76. The Balaban J connectivity index is 2.26. The van der Waals surface area contributed by atoms with Crippen LogP contribution in [0.2, 0.25) is 0 Å². The van der Waals surface area contributed by atoms with Gasteiger partial charge in [0, 0.05) is 18.7 Å². The van der Waals surface area contributed by atoms with Crippen LogP contribution in [0, 0.1) is 0 Å². The van der Waals surface area contributed by atoms with Crippen molar-refractivity contribution in [3.8, 4) is 0 Å². The second-order valence-electron chi connectivity index (χ2n) is 3.26. The minimum absolute atomic E-state index is 0.0158. The molecule has 94 valence electrons. The Bertz CT molecular complexity index is 393. The third-order valence-electron chi connectivity index (χ3n) is 1.95. The van der Waals surface area contributed by atoms with Gasteiger partial charge in [0.1, 0.15) is 0 Å². The molecule has 0 aliphatic carbocycles. The van der Waals surface area contributed by atoms with Crippen LogP contribution in [-0.4, -0.2) is 50.5 Å². The Morgan fingerprint density at radius 1 is 1.59 bits per heavy atom. The molecule has 1 amide bonds. The molecule has 2 N–H and O–H groups in total. The first kappa shape index (κ1) is 13.5. The van der Waals surface area contributed by atoms with Crippen LogP contribution in [0.5, 0.6) is 0 Å². The summed E-state index contributed by atoms with van der Waals surface area (Å²) in [4.78, 5) is 21.8. The summed E-state index contributed by atoms with van der Waals surface area (Å²) in [6, 6.07) is 0. The van der Waals surface area contributed by atoms with Gasteiger partial charge >= 0.3 is 5.97 Å². The van der Waals surface area contributed by atoms with Gasteiger partial charge in [0.2, 0.25) is 5.91 Å². The summed E-state index contributed by atoms with van der Waals surface area (Å²) in [5.41, 5.74) is -0.0984. The molecule has 0 atom stereocenters. The quantitative estimate of drug-likeness (QED) is 0.705. The van der Waals surface area contributed by atoms with E-state index in [1.165, 1.54) is 10.9 Å². The zero-order chi connectivity index (χ0) is 12.7. The first-order valence-corrected chi connectivity index (χ1v) is 6.42. The highest BCUT2D eigenvalue weighted by atomic mass is 32.2. The molecule has 7 nitrogen and oxygen atoms in total. The molecule has 0 aliphatic rings. The molecule has 1 aromatic rings. The minimum Gasteiger partial charge on any atom is -0.476 e. The smallest absolute Gasteiger partial charge is 0.358 e. The molecule has 0 saturated carbocycles. The third kappa shape index (κ3) is 4.85. The first-order valence-electron chi connectivity index (χ1n) is 5.02. The molecule has 0 unspecified atom stereocenters.